The number of nitrogens with two attached hydrogens (primary N) is 1. The van der Waals surface area contributed by atoms with E-state index < -0.39 is 0 Å². The molecule has 94 valence electrons. The first kappa shape index (κ1) is 13.0. The van der Waals surface area contributed by atoms with Gasteiger partial charge >= 0.3 is 0 Å². The third kappa shape index (κ3) is 3.05. The van der Waals surface area contributed by atoms with Gasteiger partial charge < -0.3 is 5.73 Å². The van der Waals surface area contributed by atoms with Crippen LogP contribution in [0.1, 0.15) is 19.4 Å². The summed E-state index contributed by atoms with van der Waals surface area (Å²) in [4.78, 5) is 0. The van der Waals surface area contributed by atoms with Crippen LogP contribution in [-0.2, 0) is 6.42 Å². The number of hydrogen-bond donors (Lipinski definition) is 1. The van der Waals surface area contributed by atoms with Gasteiger partial charge in [-0.15, -0.1) is 0 Å². The molecule has 2 heteroatoms. The van der Waals surface area contributed by atoms with Gasteiger partial charge in [-0.05, 0) is 41.2 Å². The number of hydrogen-bond acceptors (Lipinski definition) is 1. The van der Waals surface area contributed by atoms with E-state index in [1.807, 2.05) is 18.2 Å². The molecular formula is C16H18ClN. The molecule has 2 aromatic carbocycles. The van der Waals surface area contributed by atoms with Crippen LogP contribution in [0.5, 0.6) is 0 Å². The molecule has 18 heavy (non-hydrogen) atoms. The smallest absolute Gasteiger partial charge is 0.0641 e. The van der Waals surface area contributed by atoms with Crippen LogP contribution in [0.2, 0.25) is 5.02 Å². The van der Waals surface area contributed by atoms with Crippen molar-refractivity contribution in [1.29, 1.82) is 0 Å². The molecular weight excluding hydrogens is 242 g/mol. The normalized spacial score (nSPS) is 10.9. The van der Waals surface area contributed by atoms with E-state index in [0.717, 1.165) is 12.0 Å². The summed E-state index contributed by atoms with van der Waals surface area (Å²) < 4.78 is 0. The van der Waals surface area contributed by atoms with Crippen molar-refractivity contribution in [2.75, 3.05) is 5.73 Å². The molecule has 2 N–H and O–H groups in total. The second-order valence-electron chi connectivity index (χ2n) is 5.03. The molecule has 0 radical (unpaired) electrons. The van der Waals surface area contributed by atoms with Crippen LogP contribution in [-0.4, -0.2) is 0 Å². The Morgan fingerprint density at radius 2 is 1.78 bits per heavy atom. The fraction of sp³-hybridized carbons (Fsp3) is 0.250. The molecule has 0 saturated heterocycles. The topological polar surface area (TPSA) is 26.0 Å². The predicted molar refractivity (Wildman–Crippen MR) is 79.8 cm³/mol. The number of halogens is 1. The summed E-state index contributed by atoms with van der Waals surface area (Å²) in [6.45, 7) is 4.46. The molecule has 2 rings (SSSR count). The molecule has 0 fully saturated rings. The molecule has 0 aliphatic rings. The van der Waals surface area contributed by atoms with Crippen molar-refractivity contribution in [1.82, 2.24) is 0 Å². The highest BCUT2D eigenvalue weighted by Crippen LogP contribution is 2.27. The summed E-state index contributed by atoms with van der Waals surface area (Å²) in [5.74, 6) is 0.662. The maximum absolute atomic E-state index is 6.06. The molecule has 0 aromatic heterocycles. The van der Waals surface area contributed by atoms with E-state index in [0.29, 0.717) is 16.6 Å². The highest BCUT2D eigenvalue weighted by atomic mass is 35.5. The van der Waals surface area contributed by atoms with Crippen molar-refractivity contribution in [3.63, 3.8) is 0 Å². The highest BCUT2D eigenvalue weighted by Gasteiger charge is 2.03. The number of nitrogen functional groups attached to an aromatic ring is 1. The van der Waals surface area contributed by atoms with Crippen LogP contribution in [0.4, 0.5) is 5.69 Å². The van der Waals surface area contributed by atoms with Gasteiger partial charge in [-0.1, -0.05) is 55.8 Å². The van der Waals surface area contributed by atoms with E-state index in [4.69, 9.17) is 17.3 Å². The quantitative estimate of drug-likeness (QED) is 0.788. The molecule has 0 aliphatic carbocycles. The van der Waals surface area contributed by atoms with Gasteiger partial charge in [0.15, 0.2) is 0 Å². The fourth-order valence-electron chi connectivity index (χ4n) is 2.06. The van der Waals surface area contributed by atoms with E-state index >= 15 is 0 Å². The van der Waals surface area contributed by atoms with Crippen LogP contribution in [0.15, 0.2) is 42.5 Å². The number of anilines is 1. The largest absolute Gasteiger partial charge is 0.398 e. The Morgan fingerprint density at radius 1 is 1.06 bits per heavy atom. The van der Waals surface area contributed by atoms with E-state index in [1.54, 1.807) is 0 Å². The Kier molecular flexibility index (Phi) is 3.93. The van der Waals surface area contributed by atoms with Crippen LogP contribution >= 0.6 is 11.6 Å². The maximum atomic E-state index is 6.06. The summed E-state index contributed by atoms with van der Waals surface area (Å²) in [6, 6.07) is 14.4. The minimum atomic E-state index is 0.613. The molecule has 0 bridgehead atoms. The van der Waals surface area contributed by atoms with Crippen LogP contribution < -0.4 is 5.73 Å². The van der Waals surface area contributed by atoms with Crippen molar-refractivity contribution in [2.45, 2.75) is 20.3 Å². The molecule has 1 nitrogen and oxygen atoms in total. The summed E-state index contributed by atoms with van der Waals surface area (Å²) in [5, 5.41) is 0.613. The van der Waals surface area contributed by atoms with Crippen LogP contribution in [0.25, 0.3) is 11.1 Å². The third-order valence-corrected chi connectivity index (χ3v) is 3.23. The van der Waals surface area contributed by atoms with Gasteiger partial charge in [-0.3, -0.25) is 0 Å². The summed E-state index contributed by atoms with van der Waals surface area (Å²) in [5.41, 5.74) is 10.0. The summed E-state index contributed by atoms with van der Waals surface area (Å²) >= 11 is 6.06. The van der Waals surface area contributed by atoms with Crippen molar-refractivity contribution in [3.05, 3.63) is 53.1 Å². The monoisotopic (exact) mass is 259 g/mol. The Hall–Kier alpha value is -1.47. The van der Waals surface area contributed by atoms with Gasteiger partial charge in [-0.25, -0.2) is 0 Å². The zero-order valence-electron chi connectivity index (χ0n) is 10.8. The minimum absolute atomic E-state index is 0.613. The van der Waals surface area contributed by atoms with E-state index in [1.165, 1.54) is 11.1 Å². The Balaban J connectivity index is 2.35. The molecule has 0 saturated carbocycles. The zero-order chi connectivity index (χ0) is 13.1. The first-order valence-corrected chi connectivity index (χ1v) is 6.58. The van der Waals surface area contributed by atoms with Crippen LogP contribution in [0, 0.1) is 5.92 Å². The minimum Gasteiger partial charge on any atom is -0.398 e. The van der Waals surface area contributed by atoms with Crippen molar-refractivity contribution >= 4 is 17.3 Å². The Morgan fingerprint density at radius 3 is 2.44 bits per heavy atom. The van der Waals surface area contributed by atoms with E-state index in [9.17, 15) is 0 Å². The fourth-order valence-corrected chi connectivity index (χ4v) is 2.24. The van der Waals surface area contributed by atoms with Gasteiger partial charge in [0.05, 0.1) is 10.7 Å². The number of rotatable bonds is 3. The maximum Gasteiger partial charge on any atom is 0.0641 e. The Labute approximate surface area is 114 Å². The molecule has 0 aliphatic heterocycles. The van der Waals surface area contributed by atoms with Gasteiger partial charge in [0.25, 0.3) is 0 Å². The zero-order valence-corrected chi connectivity index (χ0v) is 11.5. The summed E-state index contributed by atoms with van der Waals surface area (Å²) in [6.07, 6.45) is 1.09. The molecule has 0 unspecified atom stereocenters. The summed E-state index contributed by atoms with van der Waals surface area (Å²) in [7, 11) is 0. The first-order valence-electron chi connectivity index (χ1n) is 6.20. The molecule has 0 spiro atoms. The van der Waals surface area contributed by atoms with Gasteiger partial charge in [-0.2, -0.15) is 0 Å². The molecule has 2 aromatic rings. The first-order chi connectivity index (χ1) is 8.56. The third-order valence-electron chi connectivity index (χ3n) is 2.90. The standard InChI is InChI=1S/C16H18ClN/c1-11(2)8-12-4-3-5-13(9-12)14-6-7-16(18)15(17)10-14/h3-7,9-11H,8,18H2,1-2H3. The molecule has 0 atom stereocenters. The second kappa shape index (κ2) is 5.45. The average molecular weight is 260 g/mol. The SMILES string of the molecule is CC(C)Cc1cccc(-c2ccc(N)c(Cl)c2)c1. The predicted octanol–water partition coefficient (Wildman–Crippen LogP) is 4.79. The van der Waals surface area contributed by atoms with Gasteiger partial charge in [0.1, 0.15) is 0 Å². The van der Waals surface area contributed by atoms with Crippen molar-refractivity contribution in [2.24, 2.45) is 5.92 Å². The molecule has 0 amide bonds. The lowest BCUT2D eigenvalue weighted by Gasteiger charge is -2.08. The van der Waals surface area contributed by atoms with Crippen molar-refractivity contribution in [3.8, 4) is 11.1 Å². The highest BCUT2D eigenvalue weighted by molar-refractivity contribution is 6.33. The molecule has 0 heterocycles. The van der Waals surface area contributed by atoms with E-state index in [2.05, 4.69) is 38.1 Å². The lowest BCUT2D eigenvalue weighted by molar-refractivity contribution is 0.647. The van der Waals surface area contributed by atoms with Crippen molar-refractivity contribution < 1.29 is 0 Å². The van der Waals surface area contributed by atoms with Crippen LogP contribution in [0.3, 0.4) is 0 Å². The van der Waals surface area contributed by atoms with Gasteiger partial charge in [0, 0.05) is 0 Å². The Bertz CT molecular complexity index is 547. The lowest BCUT2D eigenvalue weighted by Crippen LogP contribution is -1.94. The van der Waals surface area contributed by atoms with E-state index in [-0.39, 0.29) is 0 Å². The lowest BCUT2D eigenvalue weighted by atomic mass is 9.98. The second-order valence-corrected chi connectivity index (χ2v) is 5.44. The average Bonchev–Trinajstić information content (AvgIpc) is 2.32. The number of benzene rings is 2. The van der Waals surface area contributed by atoms with Gasteiger partial charge in [0.2, 0.25) is 0 Å².